The zero-order chi connectivity index (χ0) is 14.0. The molecule has 2 rings (SSSR count). The average Bonchev–Trinajstić information content (AvgIpc) is 2.81. The summed E-state index contributed by atoms with van der Waals surface area (Å²) in [5.41, 5.74) is 6.08. The predicted octanol–water partition coefficient (Wildman–Crippen LogP) is 1.15. The lowest BCUT2D eigenvalue weighted by molar-refractivity contribution is -0.134. The molecule has 1 aromatic carbocycles. The number of hydrogen-bond acceptors (Lipinski definition) is 4. The number of fused-ring (bicyclic) bond motifs is 1. The number of nitrogens with two attached hydrogens (primary N) is 1. The van der Waals surface area contributed by atoms with Gasteiger partial charge in [0.25, 0.3) is 0 Å². The monoisotopic (exact) mass is 264 g/mol. The summed E-state index contributed by atoms with van der Waals surface area (Å²) < 4.78 is 10.6. The van der Waals surface area contributed by atoms with Crippen molar-refractivity contribution in [3.63, 3.8) is 0 Å². The summed E-state index contributed by atoms with van der Waals surface area (Å²) >= 11 is 0. The lowest BCUT2D eigenvalue weighted by Gasteiger charge is -2.25. The van der Waals surface area contributed by atoms with Crippen molar-refractivity contribution in [2.75, 3.05) is 20.4 Å². The van der Waals surface area contributed by atoms with Crippen molar-refractivity contribution in [1.82, 2.24) is 4.90 Å². The molecule has 1 heterocycles. The Kier molecular flexibility index (Phi) is 3.66. The maximum atomic E-state index is 11.9. The molecule has 19 heavy (non-hydrogen) atoms. The molecule has 0 saturated heterocycles. The van der Waals surface area contributed by atoms with Gasteiger partial charge in [-0.1, -0.05) is 6.07 Å². The van der Waals surface area contributed by atoms with E-state index in [-0.39, 0.29) is 12.7 Å². The molecule has 5 nitrogen and oxygen atoms in total. The van der Waals surface area contributed by atoms with E-state index in [0.29, 0.717) is 6.54 Å². The van der Waals surface area contributed by atoms with Gasteiger partial charge in [-0.2, -0.15) is 0 Å². The molecule has 0 fully saturated rings. The number of hydrogen-bond donors (Lipinski definition) is 1. The number of ether oxygens (including phenoxy) is 2. The summed E-state index contributed by atoms with van der Waals surface area (Å²) in [6.45, 7) is 4.33. The maximum absolute atomic E-state index is 11.9. The van der Waals surface area contributed by atoms with Gasteiger partial charge in [0.05, 0.1) is 5.54 Å². The van der Waals surface area contributed by atoms with Crippen molar-refractivity contribution in [2.45, 2.75) is 25.8 Å². The summed E-state index contributed by atoms with van der Waals surface area (Å²) in [7, 11) is 1.77. The number of rotatable bonds is 4. The van der Waals surface area contributed by atoms with Gasteiger partial charge < -0.3 is 20.1 Å². The second-order valence-corrected chi connectivity index (χ2v) is 5.39. The topological polar surface area (TPSA) is 64.8 Å². The largest absolute Gasteiger partial charge is 0.454 e. The van der Waals surface area contributed by atoms with E-state index in [1.807, 2.05) is 18.2 Å². The Bertz CT molecular complexity index is 480. The van der Waals surface area contributed by atoms with E-state index < -0.39 is 5.54 Å². The first-order chi connectivity index (χ1) is 8.88. The quantitative estimate of drug-likeness (QED) is 0.886. The van der Waals surface area contributed by atoms with Crippen molar-refractivity contribution < 1.29 is 14.3 Å². The van der Waals surface area contributed by atoms with Crippen LogP contribution in [0.3, 0.4) is 0 Å². The minimum atomic E-state index is -0.830. The maximum Gasteiger partial charge on any atom is 0.241 e. The summed E-state index contributed by atoms with van der Waals surface area (Å²) in [5.74, 6) is 1.48. The van der Waals surface area contributed by atoms with Gasteiger partial charge in [-0.25, -0.2) is 0 Å². The van der Waals surface area contributed by atoms with Crippen LogP contribution in [0.1, 0.15) is 19.4 Å². The van der Waals surface area contributed by atoms with Gasteiger partial charge >= 0.3 is 0 Å². The highest BCUT2D eigenvalue weighted by atomic mass is 16.7. The summed E-state index contributed by atoms with van der Waals surface area (Å²) in [6.07, 6.45) is 0.759. The normalized spacial score (nSPS) is 13.5. The van der Waals surface area contributed by atoms with Crippen molar-refractivity contribution >= 4 is 5.91 Å². The Hall–Kier alpha value is -1.75. The van der Waals surface area contributed by atoms with Crippen LogP contribution in [0.25, 0.3) is 0 Å². The smallest absolute Gasteiger partial charge is 0.241 e. The highest BCUT2D eigenvalue weighted by molar-refractivity contribution is 5.84. The molecule has 1 amide bonds. The van der Waals surface area contributed by atoms with Gasteiger partial charge in [-0.3, -0.25) is 4.79 Å². The molecule has 1 aromatic rings. The minimum Gasteiger partial charge on any atom is -0.454 e. The van der Waals surface area contributed by atoms with E-state index in [2.05, 4.69) is 0 Å². The van der Waals surface area contributed by atoms with Crippen LogP contribution in [0, 0.1) is 0 Å². The van der Waals surface area contributed by atoms with Crippen molar-refractivity contribution in [3.05, 3.63) is 23.8 Å². The van der Waals surface area contributed by atoms with Gasteiger partial charge in [-0.15, -0.1) is 0 Å². The highest BCUT2D eigenvalue weighted by Crippen LogP contribution is 2.32. The molecule has 0 spiro atoms. The SMILES string of the molecule is CN(CCc1ccc2c(c1)OCO2)C(=O)C(C)(C)N. The average molecular weight is 264 g/mol. The van der Waals surface area contributed by atoms with Gasteiger partial charge in [0.1, 0.15) is 0 Å². The van der Waals surface area contributed by atoms with Crippen molar-refractivity contribution in [2.24, 2.45) is 5.73 Å². The second kappa shape index (κ2) is 5.09. The van der Waals surface area contributed by atoms with E-state index in [1.54, 1.807) is 25.8 Å². The van der Waals surface area contributed by atoms with Gasteiger partial charge in [0.15, 0.2) is 11.5 Å². The molecule has 0 unspecified atom stereocenters. The third-order valence-electron chi connectivity index (χ3n) is 3.07. The third-order valence-corrected chi connectivity index (χ3v) is 3.07. The van der Waals surface area contributed by atoms with Crippen molar-refractivity contribution in [1.29, 1.82) is 0 Å². The first-order valence-electron chi connectivity index (χ1n) is 6.31. The minimum absolute atomic E-state index is 0.0618. The molecule has 5 heteroatoms. The first-order valence-corrected chi connectivity index (χ1v) is 6.31. The van der Waals surface area contributed by atoms with E-state index in [1.165, 1.54) is 0 Å². The zero-order valence-electron chi connectivity index (χ0n) is 11.6. The number of nitrogens with zero attached hydrogens (tertiary/aromatic N) is 1. The van der Waals surface area contributed by atoms with Crippen LogP contribution in [0.15, 0.2) is 18.2 Å². The molecular weight excluding hydrogens is 244 g/mol. The van der Waals surface area contributed by atoms with Crippen LogP contribution in [0.5, 0.6) is 11.5 Å². The number of amides is 1. The van der Waals surface area contributed by atoms with E-state index in [9.17, 15) is 4.79 Å². The first kappa shape index (κ1) is 13.7. The van der Waals surface area contributed by atoms with Crippen LogP contribution in [-0.2, 0) is 11.2 Å². The van der Waals surface area contributed by atoms with Crippen LogP contribution in [-0.4, -0.2) is 36.7 Å². The van der Waals surface area contributed by atoms with Crippen LogP contribution >= 0.6 is 0 Å². The Morgan fingerprint density at radius 2 is 2.05 bits per heavy atom. The number of benzene rings is 1. The highest BCUT2D eigenvalue weighted by Gasteiger charge is 2.25. The lowest BCUT2D eigenvalue weighted by Crippen LogP contribution is -2.50. The zero-order valence-corrected chi connectivity index (χ0v) is 11.6. The van der Waals surface area contributed by atoms with E-state index in [4.69, 9.17) is 15.2 Å². The molecule has 0 aromatic heterocycles. The lowest BCUT2D eigenvalue weighted by atomic mass is 10.1. The summed E-state index contributed by atoms with van der Waals surface area (Å²) in [4.78, 5) is 13.6. The Morgan fingerprint density at radius 3 is 2.74 bits per heavy atom. The predicted molar refractivity (Wildman–Crippen MR) is 72.2 cm³/mol. The van der Waals surface area contributed by atoms with Gasteiger partial charge in [0, 0.05) is 13.6 Å². The fourth-order valence-electron chi connectivity index (χ4n) is 1.99. The molecular formula is C14H20N2O3. The molecule has 0 bridgehead atoms. The van der Waals surface area contributed by atoms with Crippen LogP contribution in [0.2, 0.25) is 0 Å². The number of carbonyl (C=O) groups is 1. The second-order valence-electron chi connectivity index (χ2n) is 5.39. The summed E-state index contributed by atoms with van der Waals surface area (Å²) in [5, 5.41) is 0. The molecule has 1 aliphatic heterocycles. The van der Waals surface area contributed by atoms with Crippen molar-refractivity contribution in [3.8, 4) is 11.5 Å². The Morgan fingerprint density at radius 1 is 1.37 bits per heavy atom. The molecule has 104 valence electrons. The Labute approximate surface area is 113 Å². The molecule has 2 N–H and O–H groups in total. The molecule has 1 aliphatic rings. The van der Waals surface area contributed by atoms with Gasteiger partial charge in [-0.05, 0) is 38.0 Å². The fourth-order valence-corrected chi connectivity index (χ4v) is 1.99. The van der Waals surface area contributed by atoms with Crippen LogP contribution in [0.4, 0.5) is 0 Å². The molecule has 0 saturated carbocycles. The molecule has 0 aliphatic carbocycles. The standard InChI is InChI=1S/C14H20N2O3/c1-14(2,15)13(17)16(3)7-6-10-4-5-11-12(8-10)19-9-18-11/h4-5,8H,6-7,9,15H2,1-3H3. The molecule has 0 radical (unpaired) electrons. The van der Waals surface area contributed by atoms with E-state index in [0.717, 1.165) is 23.5 Å². The fraction of sp³-hybridized carbons (Fsp3) is 0.500. The Balaban J connectivity index is 1.94. The number of carbonyl (C=O) groups excluding carboxylic acids is 1. The number of likely N-dealkylation sites (N-methyl/N-ethyl adjacent to an activating group) is 1. The summed E-state index contributed by atoms with van der Waals surface area (Å²) in [6, 6.07) is 5.83. The van der Waals surface area contributed by atoms with Crippen LogP contribution < -0.4 is 15.2 Å². The third kappa shape index (κ3) is 3.17. The molecule has 0 atom stereocenters. The van der Waals surface area contributed by atoms with E-state index >= 15 is 0 Å². The van der Waals surface area contributed by atoms with Gasteiger partial charge in [0.2, 0.25) is 12.7 Å².